The third kappa shape index (κ3) is 2.46. The number of aromatic amines is 1. The van der Waals surface area contributed by atoms with E-state index in [0.29, 0.717) is 5.82 Å². The summed E-state index contributed by atoms with van der Waals surface area (Å²) in [6.45, 7) is 4.93. The van der Waals surface area contributed by atoms with E-state index in [1.165, 1.54) is 0 Å². The van der Waals surface area contributed by atoms with E-state index in [2.05, 4.69) is 34.1 Å². The molecule has 0 saturated heterocycles. The molecule has 4 N–H and O–H groups in total. The Bertz CT molecular complexity index is 509. The van der Waals surface area contributed by atoms with Gasteiger partial charge in [-0.25, -0.2) is 4.98 Å². The molecule has 0 spiro atoms. The largest absolute Gasteiger partial charge is 0.354 e. The van der Waals surface area contributed by atoms with Gasteiger partial charge in [0, 0.05) is 12.5 Å². The smallest absolute Gasteiger partial charge is 0.333 e. The number of nitrogen functional groups attached to an aromatic ring is 1. The zero-order chi connectivity index (χ0) is 13.1. The number of H-pyrrole nitrogens is 1. The van der Waals surface area contributed by atoms with Crippen molar-refractivity contribution < 1.29 is 4.98 Å². The number of nitrogens with two attached hydrogens (primary N) is 1. The molecule has 2 heterocycles. The number of fused-ring (bicyclic) bond motifs is 1. The summed E-state index contributed by atoms with van der Waals surface area (Å²) in [5.41, 5.74) is 8.28. The second-order valence-electron chi connectivity index (χ2n) is 4.22. The number of hydrogen-bond donors (Lipinski definition) is 2. The van der Waals surface area contributed by atoms with Crippen molar-refractivity contribution in [3.8, 4) is 0 Å². The van der Waals surface area contributed by atoms with Gasteiger partial charge < -0.3 is 11.1 Å². The molecule has 1 atom stereocenters. The van der Waals surface area contributed by atoms with E-state index in [-0.39, 0.29) is 11.2 Å². The van der Waals surface area contributed by atoms with Crippen LogP contribution in [0.5, 0.6) is 0 Å². The van der Waals surface area contributed by atoms with Crippen LogP contribution >= 0.6 is 11.6 Å². The lowest BCUT2D eigenvalue weighted by atomic mass is 10.0. The molecule has 6 heteroatoms. The first-order valence-corrected chi connectivity index (χ1v) is 6.37. The summed E-state index contributed by atoms with van der Waals surface area (Å²) in [6, 6.07) is 0. The highest BCUT2D eigenvalue weighted by atomic mass is 35.5. The number of rotatable bonds is 2. The third-order valence-electron chi connectivity index (χ3n) is 2.75. The average Bonchev–Trinajstić information content (AvgIpc) is 2.46. The second kappa shape index (κ2) is 5.35. The highest BCUT2D eigenvalue weighted by molar-refractivity contribution is 6.27. The topological polar surface area (TPSA) is 77.4 Å². The van der Waals surface area contributed by atoms with E-state index in [1.807, 2.05) is 12.3 Å². The van der Waals surface area contributed by atoms with E-state index in [0.717, 1.165) is 30.1 Å². The summed E-state index contributed by atoms with van der Waals surface area (Å²) in [5, 5.41) is 3.39. The average molecular weight is 267 g/mol. The Hall–Kier alpha value is -1.62. The fraction of sp³-hybridized carbons (Fsp3) is 0.417. The quantitative estimate of drug-likeness (QED) is 0.803. The van der Waals surface area contributed by atoms with Gasteiger partial charge in [-0.15, -0.1) is 0 Å². The van der Waals surface area contributed by atoms with Crippen LogP contribution in [0.25, 0.3) is 0 Å². The number of nitrogens with zero attached hydrogens (tertiary/aromatic N) is 2. The predicted molar refractivity (Wildman–Crippen MR) is 73.8 cm³/mol. The van der Waals surface area contributed by atoms with Gasteiger partial charge in [0.25, 0.3) is 0 Å². The molecule has 1 aliphatic rings. The van der Waals surface area contributed by atoms with E-state index in [4.69, 9.17) is 17.3 Å². The first-order chi connectivity index (χ1) is 8.63. The van der Waals surface area contributed by atoms with Gasteiger partial charge in [-0.1, -0.05) is 24.9 Å². The molecule has 0 radical (unpaired) electrons. The Morgan fingerprint density at radius 1 is 1.61 bits per heavy atom. The van der Waals surface area contributed by atoms with Crippen LogP contribution in [0.15, 0.2) is 17.3 Å². The highest BCUT2D eigenvalue weighted by Gasteiger charge is 2.25. The zero-order valence-electron chi connectivity index (χ0n) is 10.5. The van der Waals surface area contributed by atoms with Crippen molar-refractivity contribution in [2.45, 2.75) is 20.3 Å². The Morgan fingerprint density at radius 3 is 3.11 bits per heavy atom. The van der Waals surface area contributed by atoms with Crippen LogP contribution in [0.2, 0.25) is 5.28 Å². The fourth-order valence-corrected chi connectivity index (χ4v) is 2.03. The van der Waals surface area contributed by atoms with Crippen LogP contribution in [0.4, 0.5) is 11.5 Å². The second-order valence-corrected chi connectivity index (χ2v) is 4.58. The minimum atomic E-state index is 0.177. The van der Waals surface area contributed by atoms with Gasteiger partial charge in [0.2, 0.25) is 5.82 Å². The number of aromatic nitrogens is 2. The summed E-state index contributed by atoms with van der Waals surface area (Å²) in [5.74, 6) is 0.642. The third-order valence-corrected chi connectivity index (χ3v) is 2.93. The maximum absolute atomic E-state index is 5.93. The van der Waals surface area contributed by atoms with Gasteiger partial charge >= 0.3 is 5.28 Å². The minimum absolute atomic E-state index is 0.177. The molecule has 96 valence electrons. The number of aliphatic imine (C=N–C) groups is 1. The van der Waals surface area contributed by atoms with Crippen molar-refractivity contribution in [1.82, 2.24) is 4.98 Å². The molecular weight excluding hydrogens is 250 g/mol. The molecule has 0 amide bonds. The first kappa shape index (κ1) is 12.8. The number of hydrogen-bond acceptors (Lipinski definition) is 4. The Kier molecular flexibility index (Phi) is 3.81. The van der Waals surface area contributed by atoms with Crippen LogP contribution < -0.4 is 16.0 Å². The van der Waals surface area contributed by atoms with Gasteiger partial charge in [-0.05, 0) is 24.2 Å². The molecule has 1 aliphatic heterocycles. The van der Waals surface area contributed by atoms with Gasteiger partial charge in [0.05, 0.1) is 5.71 Å². The van der Waals surface area contributed by atoms with Crippen LogP contribution in [0.3, 0.4) is 0 Å². The summed E-state index contributed by atoms with van der Waals surface area (Å²) in [7, 11) is 0. The molecule has 5 nitrogen and oxygen atoms in total. The Morgan fingerprint density at radius 2 is 2.39 bits per heavy atom. The van der Waals surface area contributed by atoms with Crippen LogP contribution in [-0.4, -0.2) is 17.2 Å². The van der Waals surface area contributed by atoms with Crippen molar-refractivity contribution >= 4 is 28.8 Å². The van der Waals surface area contributed by atoms with Crippen LogP contribution in [0, 0.1) is 5.92 Å². The maximum Gasteiger partial charge on any atom is 0.333 e. The molecule has 1 aromatic rings. The van der Waals surface area contributed by atoms with Gasteiger partial charge in [0.1, 0.15) is 0 Å². The number of halogens is 1. The fourth-order valence-electron chi connectivity index (χ4n) is 1.85. The lowest BCUT2D eigenvalue weighted by molar-refractivity contribution is -0.361. The Balaban J connectivity index is 2.57. The molecule has 1 aromatic heterocycles. The molecule has 1 unspecified atom stereocenters. The molecule has 0 bridgehead atoms. The maximum atomic E-state index is 5.93. The summed E-state index contributed by atoms with van der Waals surface area (Å²) in [6.07, 6.45) is 4.88. The van der Waals surface area contributed by atoms with Crippen molar-refractivity contribution in [1.29, 1.82) is 0 Å². The van der Waals surface area contributed by atoms with Gasteiger partial charge in [-0.3, -0.25) is 4.99 Å². The molecule has 0 fully saturated rings. The molecule has 0 aliphatic carbocycles. The Labute approximate surface area is 111 Å². The van der Waals surface area contributed by atoms with Crippen LogP contribution in [0.1, 0.15) is 26.0 Å². The standard InChI is InChI=1S/C12H16ClN5/c1-3-5-15-8-7(2)4-6-16-10-9(8)17-12(13)18-11(10)14/h4,6-7,16H,3,5H2,1-2H3,(H2,14,17,18)/p+1. The van der Waals surface area contributed by atoms with Crippen molar-refractivity contribution in [2.75, 3.05) is 17.6 Å². The van der Waals surface area contributed by atoms with Gasteiger partial charge in [-0.2, -0.15) is 0 Å². The monoisotopic (exact) mass is 266 g/mol. The minimum Gasteiger partial charge on any atom is -0.354 e. The highest BCUT2D eigenvalue weighted by Crippen LogP contribution is 2.25. The van der Waals surface area contributed by atoms with Gasteiger partial charge in [0.15, 0.2) is 11.4 Å². The first-order valence-electron chi connectivity index (χ1n) is 5.99. The number of nitrogens with one attached hydrogen (secondary N) is 2. The predicted octanol–water partition coefficient (Wildman–Crippen LogP) is 1.91. The summed E-state index contributed by atoms with van der Waals surface area (Å²) < 4.78 is 0. The molecule has 0 aromatic carbocycles. The van der Waals surface area contributed by atoms with Crippen LogP contribution in [-0.2, 0) is 0 Å². The normalized spacial score (nSPS) is 20.4. The lowest BCUT2D eigenvalue weighted by Crippen LogP contribution is -2.21. The molecular formula is C12H17ClN5+. The van der Waals surface area contributed by atoms with E-state index in [9.17, 15) is 0 Å². The van der Waals surface area contributed by atoms with Crippen molar-refractivity contribution in [2.24, 2.45) is 10.9 Å². The molecule has 2 rings (SSSR count). The van der Waals surface area contributed by atoms with E-state index in [1.54, 1.807) is 0 Å². The van der Waals surface area contributed by atoms with Crippen molar-refractivity contribution in [3.63, 3.8) is 0 Å². The molecule has 0 saturated carbocycles. The lowest BCUT2D eigenvalue weighted by Gasteiger charge is -2.09. The van der Waals surface area contributed by atoms with E-state index < -0.39 is 0 Å². The summed E-state index contributed by atoms with van der Waals surface area (Å²) in [4.78, 5) is 11.7. The zero-order valence-corrected chi connectivity index (χ0v) is 11.3. The van der Waals surface area contributed by atoms with Crippen molar-refractivity contribution in [3.05, 3.63) is 23.3 Å². The van der Waals surface area contributed by atoms with E-state index >= 15 is 0 Å². The SMILES string of the molecule is CCCN=C1c2nc(Cl)[nH+]c(N)c2NC=CC1C. The molecule has 18 heavy (non-hydrogen) atoms. The summed E-state index contributed by atoms with van der Waals surface area (Å²) >= 11 is 5.93. The number of anilines is 2. The number of allylic oxidation sites excluding steroid dienone is 1.